The molecule has 8 heteroatoms. The summed E-state index contributed by atoms with van der Waals surface area (Å²) in [4.78, 5) is 12.2. The summed E-state index contributed by atoms with van der Waals surface area (Å²) in [7, 11) is 3.52. The van der Waals surface area contributed by atoms with Gasteiger partial charge >= 0.3 is 0 Å². The molecule has 178 valence electrons. The Morgan fingerprint density at radius 2 is 1.85 bits per heavy atom. The highest BCUT2D eigenvalue weighted by Gasteiger charge is 2.26. The van der Waals surface area contributed by atoms with Gasteiger partial charge in [-0.15, -0.1) is 0 Å². The van der Waals surface area contributed by atoms with E-state index in [4.69, 9.17) is 19.4 Å². The lowest BCUT2D eigenvalue weighted by molar-refractivity contribution is 0.0516. The number of fused-ring (bicyclic) bond motifs is 2. The average Bonchev–Trinajstić information content (AvgIpc) is 3.40. The zero-order valence-electron chi connectivity index (χ0n) is 20.5. The largest absolute Gasteiger partial charge is 0.467 e. The Morgan fingerprint density at radius 1 is 1.06 bits per heavy atom. The second kappa shape index (κ2) is 8.85. The molecular weight excluding hydrogens is 428 g/mol. The summed E-state index contributed by atoms with van der Waals surface area (Å²) in [6, 6.07) is 12.7. The second-order valence-corrected chi connectivity index (χ2v) is 9.99. The van der Waals surface area contributed by atoms with Gasteiger partial charge in [-0.1, -0.05) is 0 Å². The topological polar surface area (TPSA) is 77.3 Å². The Kier molecular flexibility index (Phi) is 5.87. The minimum Gasteiger partial charge on any atom is -0.467 e. The molecule has 5 rings (SSSR count). The van der Waals surface area contributed by atoms with E-state index >= 15 is 0 Å². The fourth-order valence-corrected chi connectivity index (χ4v) is 4.64. The van der Waals surface area contributed by atoms with Crippen LogP contribution in [0.15, 0.2) is 42.6 Å². The Hall–Kier alpha value is -3.23. The van der Waals surface area contributed by atoms with Crippen LogP contribution in [0.1, 0.15) is 27.2 Å². The Balaban J connectivity index is 1.44. The van der Waals surface area contributed by atoms with E-state index in [9.17, 15) is 0 Å². The van der Waals surface area contributed by atoms with Crippen LogP contribution in [0.25, 0.3) is 33.2 Å². The molecule has 0 aliphatic carbocycles. The number of methoxy groups -OCH3 is 1. The molecule has 34 heavy (non-hydrogen) atoms. The molecule has 4 aromatic rings. The molecule has 0 spiro atoms. The zero-order chi connectivity index (χ0) is 23.9. The third-order valence-corrected chi connectivity index (χ3v) is 6.01. The molecular formula is C26H32N6O2. The van der Waals surface area contributed by atoms with Crippen LogP contribution in [0.3, 0.4) is 0 Å². The molecule has 0 saturated carbocycles. The number of rotatable bonds is 6. The summed E-state index contributed by atoms with van der Waals surface area (Å²) in [5.74, 6) is 1.69. The number of hydrogen-bond donors (Lipinski definition) is 1. The SMILES string of the molecule is COCOc1cc2nn(C)cc2cc1-c1ccc2nc(N3CCC(NC(C)(C)C)C3)ccc2n1. The van der Waals surface area contributed by atoms with Crippen molar-refractivity contribution in [2.75, 3.05) is 31.9 Å². The van der Waals surface area contributed by atoms with E-state index in [0.717, 1.165) is 58.5 Å². The van der Waals surface area contributed by atoms with E-state index in [1.165, 1.54) is 0 Å². The van der Waals surface area contributed by atoms with E-state index in [0.29, 0.717) is 11.8 Å². The molecule has 1 atom stereocenters. The molecule has 1 N–H and O–H groups in total. The van der Waals surface area contributed by atoms with Crippen LogP contribution >= 0.6 is 0 Å². The van der Waals surface area contributed by atoms with Gasteiger partial charge in [0.2, 0.25) is 0 Å². The number of nitrogens with zero attached hydrogens (tertiary/aromatic N) is 5. The first-order valence-electron chi connectivity index (χ1n) is 11.7. The number of benzene rings is 1. The average molecular weight is 461 g/mol. The minimum atomic E-state index is 0.114. The number of aryl methyl sites for hydroxylation is 1. The maximum atomic E-state index is 5.86. The Bertz CT molecular complexity index is 1330. The van der Waals surface area contributed by atoms with E-state index in [2.05, 4.69) is 54.3 Å². The van der Waals surface area contributed by atoms with Gasteiger partial charge < -0.3 is 19.7 Å². The Labute approximate surface area is 199 Å². The van der Waals surface area contributed by atoms with Gasteiger partial charge in [0, 0.05) is 62.0 Å². The number of anilines is 1. The maximum absolute atomic E-state index is 5.86. The van der Waals surface area contributed by atoms with Crippen molar-refractivity contribution in [3.63, 3.8) is 0 Å². The molecule has 1 unspecified atom stereocenters. The number of nitrogens with one attached hydrogen (secondary N) is 1. The highest BCUT2D eigenvalue weighted by Crippen LogP contribution is 2.34. The molecule has 1 saturated heterocycles. The number of ether oxygens (including phenoxy) is 2. The van der Waals surface area contributed by atoms with Gasteiger partial charge in [0.05, 0.1) is 22.2 Å². The molecule has 0 bridgehead atoms. The highest BCUT2D eigenvalue weighted by molar-refractivity contribution is 5.89. The summed E-state index contributed by atoms with van der Waals surface area (Å²) < 4.78 is 12.8. The van der Waals surface area contributed by atoms with Gasteiger partial charge in [0.15, 0.2) is 6.79 Å². The molecule has 1 fully saturated rings. The number of aromatic nitrogens is 4. The summed E-state index contributed by atoms with van der Waals surface area (Å²) in [6.07, 6.45) is 3.11. The van der Waals surface area contributed by atoms with E-state index < -0.39 is 0 Å². The molecule has 0 radical (unpaired) electrons. The normalized spacial score (nSPS) is 16.6. The van der Waals surface area contributed by atoms with Crippen molar-refractivity contribution in [2.45, 2.75) is 38.8 Å². The van der Waals surface area contributed by atoms with Crippen LogP contribution in [0.4, 0.5) is 5.82 Å². The molecule has 0 amide bonds. The van der Waals surface area contributed by atoms with Crippen molar-refractivity contribution in [1.29, 1.82) is 0 Å². The van der Waals surface area contributed by atoms with Gasteiger partial charge in [-0.2, -0.15) is 5.10 Å². The van der Waals surface area contributed by atoms with Crippen LogP contribution in [0.2, 0.25) is 0 Å². The van der Waals surface area contributed by atoms with Gasteiger partial charge in [-0.05, 0) is 57.5 Å². The van der Waals surface area contributed by atoms with E-state index in [1.807, 2.05) is 31.4 Å². The van der Waals surface area contributed by atoms with E-state index in [1.54, 1.807) is 11.8 Å². The zero-order valence-corrected chi connectivity index (χ0v) is 20.5. The van der Waals surface area contributed by atoms with Crippen molar-refractivity contribution in [1.82, 2.24) is 25.1 Å². The fraction of sp³-hybridized carbons (Fsp3) is 0.423. The first-order chi connectivity index (χ1) is 16.3. The fourth-order valence-electron chi connectivity index (χ4n) is 4.64. The van der Waals surface area contributed by atoms with Crippen molar-refractivity contribution in [3.8, 4) is 17.0 Å². The Morgan fingerprint density at radius 3 is 2.65 bits per heavy atom. The molecule has 1 aromatic carbocycles. The number of hydrogen-bond acceptors (Lipinski definition) is 7. The van der Waals surface area contributed by atoms with Gasteiger partial charge in [0.25, 0.3) is 0 Å². The predicted molar refractivity (Wildman–Crippen MR) is 135 cm³/mol. The third kappa shape index (κ3) is 4.69. The molecule has 8 nitrogen and oxygen atoms in total. The van der Waals surface area contributed by atoms with Crippen LogP contribution in [0, 0.1) is 0 Å². The van der Waals surface area contributed by atoms with Crippen molar-refractivity contribution in [3.05, 3.63) is 42.6 Å². The van der Waals surface area contributed by atoms with Crippen molar-refractivity contribution >= 4 is 27.8 Å². The summed E-state index contributed by atoms with van der Waals surface area (Å²) in [5, 5.41) is 9.23. The van der Waals surface area contributed by atoms with E-state index in [-0.39, 0.29) is 12.3 Å². The van der Waals surface area contributed by atoms with Gasteiger partial charge in [-0.25, -0.2) is 9.97 Å². The standard InChI is InChI=1S/C26H32N6O2/c1-26(2,3)29-18-10-11-32(15-18)25-9-8-21-22(28-25)7-6-20(27-21)19-12-17-14-31(4)30-23(17)13-24(19)34-16-33-5/h6-9,12-14,18,29H,10-11,15-16H2,1-5H3. The third-order valence-electron chi connectivity index (χ3n) is 6.01. The van der Waals surface area contributed by atoms with Crippen molar-refractivity contribution < 1.29 is 9.47 Å². The molecule has 3 aromatic heterocycles. The summed E-state index contributed by atoms with van der Waals surface area (Å²) in [5.41, 5.74) is 4.45. The minimum absolute atomic E-state index is 0.114. The smallest absolute Gasteiger partial charge is 0.188 e. The molecule has 1 aliphatic rings. The first kappa shape index (κ1) is 22.6. The van der Waals surface area contributed by atoms with Crippen LogP contribution < -0.4 is 15.0 Å². The molecule has 1 aliphatic heterocycles. The quantitative estimate of drug-likeness (QED) is 0.434. The van der Waals surface area contributed by atoms with Gasteiger partial charge in [-0.3, -0.25) is 4.68 Å². The van der Waals surface area contributed by atoms with Crippen LogP contribution in [0.5, 0.6) is 5.75 Å². The maximum Gasteiger partial charge on any atom is 0.188 e. The summed E-state index contributed by atoms with van der Waals surface area (Å²) in [6.45, 7) is 8.77. The van der Waals surface area contributed by atoms with Gasteiger partial charge in [0.1, 0.15) is 11.6 Å². The first-order valence-corrected chi connectivity index (χ1v) is 11.7. The monoisotopic (exact) mass is 460 g/mol. The lowest BCUT2D eigenvalue weighted by atomic mass is 10.1. The van der Waals surface area contributed by atoms with Crippen LogP contribution in [-0.2, 0) is 11.8 Å². The second-order valence-electron chi connectivity index (χ2n) is 9.99. The highest BCUT2D eigenvalue weighted by atomic mass is 16.7. The van der Waals surface area contributed by atoms with Crippen molar-refractivity contribution in [2.24, 2.45) is 7.05 Å². The predicted octanol–water partition coefficient (Wildman–Crippen LogP) is 4.13. The molecule has 4 heterocycles. The lowest BCUT2D eigenvalue weighted by Gasteiger charge is -2.26. The van der Waals surface area contributed by atoms with Crippen LogP contribution in [-0.4, -0.2) is 58.3 Å². The number of pyridine rings is 2. The summed E-state index contributed by atoms with van der Waals surface area (Å²) >= 11 is 0. The lowest BCUT2D eigenvalue weighted by Crippen LogP contribution is -2.44.